The fourth-order valence-corrected chi connectivity index (χ4v) is 3.12. The van der Waals surface area contributed by atoms with E-state index in [0.29, 0.717) is 21.8 Å². The highest BCUT2D eigenvalue weighted by atomic mass is 35.5. The van der Waals surface area contributed by atoms with Crippen molar-refractivity contribution in [2.24, 2.45) is 0 Å². The highest BCUT2D eigenvalue weighted by Crippen LogP contribution is 2.24. The van der Waals surface area contributed by atoms with Crippen molar-refractivity contribution in [2.45, 2.75) is 12.8 Å². The summed E-state index contributed by atoms with van der Waals surface area (Å²) in [5, 5.41) is 2.97. The largest absolute Gasteiger partial charge is 0.465 e. The Morgan fingerprint density at radius 3 is 2.41 bits per heavy atom. The number of ether oxygens (including phenoxy) is 1. The summed E-state index contributed by atoms with van der Waals surface area (Å²) in [6, 6.07) is 11.0. The molecule has 6 nitrogen and oxygen atoms in total. The van der Waals surface area contributed by atoms with Crippen LogP contribution in [0.1, 0.15) is 43.9 Å². The van der Waals surface area contributed by atoms with Gasteiger partial charge in [-0.2, -0.15) is 0 Å². The molecule has 2 aromatic carbocycles. The lowest BCUT2D eigenvalue weighted by atomic mass is 10.1. The minimum atomic E-state index is -0.527. The molecule has 0 atom stereocenters. The van der Waals surface area contributed by atoms with Gasteiger partial charge in [-0.15, -0.1) is 0 Å². The van der Waals surface area contributed by atoms with Crippen molar-refractivity contribution in [2.75, 3.05) is 25.5 Å². The Morgan fingerprint density at radius 2 is 1.70 bits per heavy atom. The number of halogens is 1. The lowest BCUT2D eigenvalue weighted by molar-refractivity contribution is 0.0600. The number of carbonyl (C=O) groups excluding carboxylic acids is 3. The fourth-order valence-electron chi connectivity index (χ4n) is 2.96. The molecule has 0 aromatic heterocycles. The highest BCUT2D eigenvalue weighted by Gasteiger charge is 2.20. The number of hydrogen-bond acceptors (Lipinski definition) is 4. The Balaban J connectivity index is 1.79. The molecule has 1 saturated heterocycles. The first-order chi connectivity index (χ1) is 13.0. The van der Waals surface area contributed by atoms with Gasteiger partial charge in [0.2, 0.25) is 0 Å². The first kappa shape index (κ1) is 18.9. The standard InChI is InChI=1S/C20H19ClN2O4/c1-27-20(26)15-7-8-16(21)17(12-15)22-18(24)13-5-4-6-14(11-13)19(25)23-9-2-3-10-23/h4-8,11-12H,2-3,9-10H2,1H3,(H,22,24). The van der Waals surface area contributed by atoms with Crippen LogP contribution in [0.2, 0.25) is 5.02 Å². The van der Waals surface area contributed by atoms with Crippen LogP contribution in [0.3, 0.4) is 0 Å². The van der Waals surface area contributed by atoms with E-state index in [1.54, 1.807) is 29.2 Å². The molecular formula is C20H19ClN2O4. The Labute approximate surface area is 162 Å². The van der Waals surface area contributed by atoms with Crippen LogP contribution in [-0.2, 0) is 4.74 Å². The van der Waals surface area contributed by atoms with Crippen LogP contribution < -0.4 is 5.32 Å². The molecule has 3 rings (SSSR count). The van der Waals surface area contributed by atoms with Gasteiger partial charge in [-0.1, -0.05) is 17.7 Å². The van der Waals surface area contributed by atoms with Crippen molar-refractivity contribution in [1.82, 2.24) is 4.90 Å². The smallest absolute Gasteiger partial charge is 0.337 e. The van der Waals surface area contributed by atoms with E-state index in [1.807, 2.05) is 0 Å². The van der Waals surface area contributed by atoms with Crippen molar-refractivity contribution in [3.8, 4) is 0 Å². The van der Waals surface area contributed by atoms with E-state index >= 15 is 0 Å². The lowest BCUT2D eigenvalue weighted by Crippen LogP contribution is -2.27. The summed E-state index contributed by atoms with van der Waals surface area (Å²) >= 11 is 6.12. The van der Waals surface area contributed by atoms with E-state index in [9.17, 15) is 14.4 Å². The van der Waals surface area contributed by atoms with Crippen LogP contribution in [0.15, 0.2) is 42.5 Å². The Bertz CT molecular complexity index is 891. The number of nitrogens with zero attached hydrogens (tertiary/aromatic N) is 1. The average Bonchev–Trinajstić information content (AvgIpc) is 3.23. The molecule has 1 N–H and O–H groups in total. The molecule has 0 radical (unpaired) electrons. The van der Waals surface area contributed by atoms with Gasteiger partial charge < -0.3 is 15.0 Å². The summed E-state index contributed by atoms with van der Waals surface area (Å²) < 4.78 is 4.67. The van der Waals surface area contributed by atoms with Crippen molar-refractivity contribution in [3.63, 3.8) is 0 Å². The summed E-state index contributed by atoms with van der Waals surface area (Å²) in [6.07, 6.45) is 2.00. The summed E-state index contributed by atoms with van der Waals surface area (Å²) in [5.74, 6) is -1.02. The van der Waals surface area contributed by atoms with E-state index in [2.05, 4.69) is 10.1 Å². The van der Waals surface area contributed by atoms with E-state index in [4.69, 9.17) is 11.6 Å². The van der Waals surface area contributed by atoms with Gasteiger partial charge in [-0.3, -0.25) is 9.59 Å². The van der Waals surface area contributed by atoms with Gasteiger partial charge in [0, 0.05) is 24.2 Å². The van der Waals surface area contributed by atoms with Crippen molar-refractivity contribution < 1.29 is 19.1 Å². The van der Waals surface area contributed by atoms with Crippen molar-refractivity contribution >= 4 is 35.1 Å². The molecule has 1 aliphatic heterocycles. The van der Waals surface area contributed by atoms with Crippen LogP contribution in [0.5, 0.6) is 0 Å². The van der Waals surface area contributed by atoms with Gasteiger partial charge in [0.05, 0.1) is 23.4 Å². The normalized spacial score (nSPS) is 13.3. The zero-order valence-electron chi connectivity index (χ0n) is 14.8. The van der Waals surface area contributed by atoms with Crippen molar-refractivity contribution in [3.05, 3.63) is 64.2 Å². The zero-order chi connectivity index (χ0) is 19.4. The SMILES string of the molecule is COC(=O)c1ccc(Cl)c(NC(=O)c2cccc(C(=O)N3CCCC3)c2)c1. The predicted molar refractivity (Wildman–Crippen MR) is 102 cm³/mol. The molecule has 0 aliphatic carbocycles. The van der Waals surface area contributed by atoms with Crippen LogP contribution in [-0.4, -0.2) is 42.9 Å². The first-order valence-electron chi connectivity index (χ1n) is 8.58. The Hall–Kier alpha value is -2.86. The van der Waals surface area contributed by atoms with Gasteiger partial charge in [0.25, 0.3) is 11.8 Å². The summed E-state index contributed by atoms with van der Waals surface area (Å²) in [7, 11) is 1.28. The van der Waals surface area contributed by atoms with Gasteiger partial charge in [0.15, 0.2) is 0 Å². The molecular weight excluding hydrogens is 368 g/mol. The second-order valence-electron chi connectivity index (χ2n) is 6.22. The number of amides is 2. The number of methoxy groups -OCH3 is 1. The third kappa shape index (κ3) is 4.28. The molecule has 0 spiro atoms. The Kier molecular flexibility index (Phi) is 5.76. The molecule has 0 saturated carbocycles. The van der Waals surface area contributed by atoms with Crippen LogP contribution in [0.4, 0.5) is 5.69 Å². The molecule has 1 fully saturated rings. The topological polar surface area (TPSA) is 75.7 Å². The average molecular weight is 387 g/mol. The number of likely N-dealkylation sites (tertiary alicyclic amines) is 1. The maximum Gasteiger partial charge on any atom is 0.337 e. The van der Waals surface area contributed by atoms with E-state index in [1.165, 1.54) is 25.3 Å². The monoisotopic (exact) mass is 386 g/mol. The minimum Gasteiger partial charge on any atom is -0.465 e. The van der Waals surface area contributed by atoms with Gasteiger partial charge in [-0.25, -0.2) is 4.79 Å². The van der Waals surface area contributed by atoms with Crippen LogP contribution in [0.25, 0.3) is 0 Å². The maximum atomic E-state index is 12.6. The number of rotatable bonds is 4. The van der Waals surface area contributed by atoms with Crippen LogP contribution >= 0.6 is 11.6 Å². The minimum absolute atomic E-state index is 0.0760. The van der Waals surface area contributed by atoms with E-state index in [0.717, 1.165) is 25.9 Å². The molecule has 7 heteroatoms. The number of esters is 1. The number of hydrogen-bond donors (Lipinski definition) is 1. The number of anilines is 1. The zero-order valence-corrected chi connectivity index (χ0v) is 15.6. The van der Waals surface area contributed by atoms with Gasteiger partial charge in [-0.05, 0) is 49.2 Å². The molecule has 140 valence electrons. The molecule has 2 amide bonds. The third-order valence-electron chi connectivity index (χ3n) is 4.40. The summed E-state index contributed by atoms with van der Waals surface area (Å²) in [5.41, 5.74) is 1.37. The molecule has 2 aromatic rings. The first-order valence-corrected chi connectivity index (χ1v) is 8.96. The summed E-state index contributed by atoms with van der Waals surface area (Å²) in [6.45, 7) is 1.48. The van der Waals surface area contributed by atoms with E-state index < -0.39 is 11.9 Å². The van der Waals surface area contributed by atoms with Crippen LogP contribution in [0, 0.1) is 0 Å². The molecule has 1 aliphatic rings. The molecule has 0 unspecified atom stereocenters. The predicted octanol–water partition coefficient (Wildman–Crippen LogP) is 3.61. The van der Waals surface area contributed by atoms with E-state index in [-0.39, 0.29) is 11.5 Å². The molecule has 27 heavy (non-hydrogen) atoms. The highest BCUT2D eigenvalue weighted by molar-refractivity contribution is 6.34. The molecule has 1 heterocycles. The number of carbonyl (C=O) groups is 3. The quantitative estimate of drug-likeness (QED) is 0.814. The lowest BCUT2D eigenvalue weighted by Gasteiger charge is -2.15. The Morgan fingerprint density at radius 1 is 1.00 bits per heavy atom. The van der Waals surface area contributed by atoms with Gasteiger partial charge in [0.1, 0.15) is 0 Å². The third-order valence-corrected chi connectivity index (χ3v) is 4.73. The second-order valence-corrected chi connectivity index (χ2v) is 6.63. The summed E-state index contributed by atoms with van der Waals surface area (Å²) in [4.78, 5) is 38.6. The second kappa shape index (κ2) is 8.22. The fraction of sp³-hybridized carbons (Fsp3) is 0.250. The molecule has 0 bridgehead atoms. The number of benzene rings is 2. The maximum absolute atomic E-state index is 12.6. The number of nitrogens with one attached hydrogen (secondary N) is 1. The van der Waals surface area contributed by atoms with Gasteiger partial charge >= 0.3 is 5.97 Å². The van der Waals surface area contributed by atoms with Crippen molar-refractivity contribution in [1.29, 1.82) is 0 Å².